The Morgan fingerprint density at radius 1 is 1.33 bits per heavy atom. The van der Waals surface area contributed by atoms with E-state index in [0.717, 1.165) is 24.3 Å². The number of carbonyl (C=O) groups is 1. The number of amides is 2. The number of hydrogen-bond donors (Lipinski definition) is 1. The van der Waals surface area contributed by atoms with E-state index in [-0.39, 0.29) is 12.1 Å². The highest BCUT2D eigenvalue weighted by molar-refractivity contribution is 5.75. The van der Waals surface area contributed by atoms with Crippen molar-refractivity contribution in [1.29, 1.82) is 0 Å². The number of nitrogens with one attached hydrogen (secondary N) is 1. The van der Waals surface area contributed by atoms with Crippen LogP contribution in [0.5, 0.6) is 0 Å². The summed E-state index contributed by atoms with van der Waals surface area (Å²) in [4.78, 5) is 22.8. The van der Waals surface area contributed by atoms with E-state index in [1.165, 1.54) is 0 Å². The van der Waals surface area contributed by atoms with Crippen molar-refractivity contribution >= 4 is 6.03 Å². The van der Waals surface area contributed by atoms with Crippen LogP contribution in [0.2, 0.25) is 0 Å². The van der Waals surface area contributed by atoms with Gasteiger partial charge in [-0.1, -0.05) is 16.4 Å². The fraction of sp³-hybridized carbons (Fsp3) is 0.389. The molecule has 0 bridgehead atoms. The Balaban J connectivity index is 1.31. The number of likely N-dealkylation sites (tertiary alicyclic amines) is 1. The fourth-order valence-corrected chi connectivity index (χ4v) is 3.18. The molecule has 1 fully saturated rings. The molecule has 0 radical (unpaired) electrons. The zero-order valence-corrected chi connectivity index (χ0v) is 15.0. The Bertz CT molecular complexity index is 907. The van der Waals surface area contributed by atoms with Crippen LogP contribution in [-0.2, 0) is 6.42 Å². The maximum absolute atomic E-state index is 12.5. The van der Waals surface area contributed by atoms with Gasteiger partial charge in [-0.15, -0.1) is 0 Å². The molecule has 27 heavy (non-hydrogen) atoms. The Labute approximate surface area is 155 Å². The number of aryl methyl sites for hydroxylation is 1. The summed E-state index contributed by atoms with van der Waals surface area (Å²) in [5.74, 6) is 1.63. The van der Waals surface area contributed by atoms with Gasteiger partial charge in [0.1, 0.15) is 5.69 Å². The van der Waals surface area contributed by atoms with Gasteiger partial charge in [0.15, 0.2) is 5.76 Å². The fourth-order valence-electron chi connectivity index (χ4n) is 3.18. The molecule has 140 valence electrons. The lowest BCUT2D eigenvalue weighted by Gasteiger charge is -2.22. The van der Waals surface area contributed by atoms with Gasteiger partial charge in [0.05, 0.1) is 11.7 Å². The first-order valence-corrected chi connectivity index (χ1v) is 8.92. The van der Waals surface area contributed by atoms with E-state index in [0.29, 0.717) is 36.9 Å². The summed E-state index contributed by atoms with van der Waals surface area (Å²) in [6, 6.07) is 7.19. The van der Waals surface area contributed by atoms with Gasteiger partial charge in [-0.05, 0) is 31.9 Å². The minimum Gasteiger partial charge on any atom is -0.359 e. The van der Waals surface area contributed by atoms with Crippen LogP contribution in [0.3, 0.4) is 0 Å². The van der Waals surface area contributed by atoms with Crippen LogP contribution in [0.25, 0.3) is 11.5 Å². The molecule has 1 atom stereocenters. The van der Waals surface area contributed by atoms with Crippen molar-refractivity contribution < 1.29 is 13.8 Å². The van der Waals surface area contributed by atoms with Gasteiger partial charge in [-0.3, -0.25) is 4.98 Å². The number of pyridine rings is 1. The molecule has 3 aromatic heterocycles. The number of aromatic nitrogens is 4. The van der Waals surface area contributed by atoms with Crippen LogP contribution in [0.1, 0.15) is 36.2 Å². The van der Waals surface area contributed by atoms with Crippen molar-refractivity contribution in [3.8, 4) is 11.5 Å². The van der Waals surface area contributed by atoms with Gasteiger partial charge in [0.2, 0.25) is 11.7 Å². The topological polar surface area (TPSA) is 110 Å². The summed E-state index contributed by atoms with van der Waals surface area (Å²) in [5.41, 5.74) is 1.47. The predicted molar refractivity (Wildman–Crippen MR) is 94.6 cm³/mol. The first-order chi connectivity index (χ1) is 13.2. The summed E-state index contributed by atoms with van der Waals surface area (Å²) < 4.78 is 10.6. The van der Waals surface area contributed by atoms with Crippen molar-refractivity contribution in [2.45, 2.75) is 32.2 Å². The highest BCUT2D eigenvalue weighted by atomic mass is 16.5. The van der Waals surface area contributed by atoms with Crippen LogP contribution in [0.15, 0.2) is 39.5 Å². The minimum absolute atomic E-state index is 0.0645. The van der Waals surface area contributed by atoms with Crippen LogP contribution >= 0.6 is 0 Å². The second-order valence-electron chi connectivity index (χ2n) is 6.43. The number of rotatable bonds is 5. The molecule has 4 rings (SSSR count). The van der Waals surface area contributed by atoms with Crippen LogP contribution < -0.4 is 5.32 Å². The zero-order chi connectivity index (χ0) is 18.6. The Hall–Kier alpha value is -3.23. The Kier molecular flexibility index (Phi) is 4.82. The number of hydrogen-bond acceptors (Lipinski definition) is 7. The highest BCUT2D eigenvalue weighted by Gasteiger charge is 2.32. The lowest BCUT2D eigenvalue weighted by Crippen LogP contribution is -2.40. The highest BCUT2D eigenvalue weighted by Crippen LogP contribution is 2.32. The van der Waals surface area contributed by atoms with Gasteiger partial charge < -0.3 is 19.3 Å². The number of nitrogens with zero attached hydrogens (tertiary/aromatic N) is 5. The molecule has 3 aromatic rings. The molecule has 1 aliphatic heterocycles. The third-order valence-corrected chi connectivity index (χ3v) is 4.47. The number of carbonyl (C=O) groups excluding carboxylic acids is 1. The molecule has 4 heterocycles. The minimum atomic E-state index is -0.129. The van der Waals surface area contributed by atoms with Crippen molar-refractivity contribution in [2.24, 2.45) is 0 Å². The van der Waals surface area contributed by atoms with E-state index < -0.39 is 0 Å². The smallest absolute Gasteiger partial charge is 0.318 e. The van der Waals surface area contributed by atoms with E-state index in [1.807, 2.05) is 31.2 Å². The first kappa shape index (κ1) is 17.2. The lowest BCUT2D eigenvalue weighted by atomic mass is 10.1. The lowest BCUT2D eigenvalue weighted by molar-refractivity contribution is 0.182. The van der Waals surface area contributed by atoms with Gasteiger partial charge in [-0.25, -0.2) is 4.79 Å². The average molecular weight is 368 g/mol. The SMILES string of the molecule is Cc1cc([C@H]2CCCN2C(=O)NCCc2nc(-c3ccccn3)no2)on1. The van der Waals surface area contributed by atoms with Crippen molar-refractivity contribution in [3.05, 3.63) is 47.8 Å². The third-order valence-electron chi connectivity index (χ3n) is 4.47. The summed E-state index contributed by atoms with van der Waals surface area (Å²) in [6.45, 7) is 2.97. The van der Waals surface area contributed by atoms with E-state index in [9.17, 15) is 4.79 Å². The Morgan fingerprint density at radius 2 is 2.26 bits per heavy atom. The largest absolute Gasteiger partial charge is 0.359 e. The summed E-state index contributed by atoms with van der Waals surface area (Å²) in [7, 11) is 0. The van der Waals surface area contributed by atoms with Gasteiger partial charge in [-0.2, -0.15) is 4.98 Å². The molecule has 0 spiro atoms. The molecule has 1 aliphatic rings. The maximum Gasteiger partial charge on any atom is 0.318 e. The monoisotopic (exact) mass is 368 g/mol. The van der Waals surface area contributed by atoms with Gasteiger partial charge in [0, 0.05) is 31.8 Å². The zero-order valence-electron chi connectivity index (χ0n) is 15.0. The molecule has 9 heteroatoms. The quantitative estimate of drug-likeness (QED) is 0.736. The second kappa shape index (κ2) is 7.56. The van der Waals surface area contributed by atoms with Crippen LogP contribution in [0, 0.1) is 6.92 Å². The maximum atomic E-state index is 12.5. The molecule has 9 nitrogen and oxygen atoms in total. The van der Waals surface area contributed by atoms with Crippen molar-refractivity contribution in [2.75, 3.05) is 13.1 Å². The predicted octanol–water partition coefficient (Wildman–Crippen LogP) is 2.52. The van der Waals surface area contributed by atoms with Crippen molar-refractivity contribution in [1.82, 2.24) is 30.5 Å². The van der Waals surface area contributed by atoms with E-state index in [4.69, 9.17) is 9.05 Å². The summed E-state index contributed by atoms with van der Waals surface area (Å²) in [6.07, 6.45) is 3.94. The van der Waals surface area contributed by atoms with E-state index in [1.54, 1.807) is 11.1 Å². The summed E-state index contributed by atoms with van der Waals surface area (Å²) in [5, 5.41) is 10.8. The second-order valence-corrected chi connectivity index (χ2v) is 6.43. The van der Waals surface area contributed by atoms with E-state index in [2.05, 4.69) is 25.6 Å². The van der Waals surface area contributed by atoms with Crippen LogP contribution in [-0.4, -0.2) is 44.3 Å². The Morgan fingerprint density at radius 3 is 3.04 bits per heavy atom. The molecule has 1 N–H and O–H groups in total. The van der Waals surface area contributed by atoms with Gasteiger partial charge >= 0.3 is 6.03 Å². The van der Waals surface area contributed by atoms with Crippen LogP contribution in [0.4, 0.5) is 4.79 Å². The average Bonchev–Trinajstić information content (AvgIpc) is 3.42. The molecule has 1 saturated heterocycles. The molecular weight excluding hydrogens is 348 g/mol. The third kappa shape index (κ3) is 3.81. The molecule has 2 amide bonds. The normalized spacial score (nSPS) is 16.6. The molecule has 0 aliphatic carbocycles. The first-order valence-electron chi connectivity index (χ1n) is 8.92. The molecule has 0 aromatic carbocycles. The van der Waals surface area contributed by atoms with Gasteiger partial charge in [0.25, 0.3) is 0 Å². The standard InChI is InChI=1S/C18H20N6O3/c1-12-11-15(26-22-12)14-6-4-10-24(14)18(25)20-9-7-16-21-17(23-27-16)13-5-2-3-8-19-13/h2-3,5,8,11,14H,4,6-7,9-10H2,1H3,(H,20,25)/t14-/m1/s1. The number of urea groups is 1. The van der Waals surface area contributed by atoms with Crippen molar-refractivity contribution in [3.63, 3.8) is 0 Å². The molecular formula is C18H20N6O3. The molecule has 0 unspecified atom stereocenters. The van der Waals surface area contributed by atoms with E-state index >= 15 is 0 Å². The summed E-state index contributed by atoms with van der Waals surface area (Å²) >= 11 is 0. The molecule has 0 saturated carbocycles.